The molecule has 0 fully saturated rings. The number of nitrogens with two attached hydrogens (primary N) is 1. The zero-order valence-electron chi connectivity index (χ0n) is 16.6. The van der Waals surface area contributed by atoms with Gasteiger partial charge < -0.3 is 15.2 Å². The lowest BCUT2D eigenvalue weighted by Gasteiger charge is -2.25. The van der Waals surface area contributed by atoms with Crippen molar-refractivity contribution in [1.29, 1.82) is 0 Å². The van der Waals surface area contributed by atoms with E-state index in [1.807, 2.05) is 35.0 Å². The minimum atomic E-state index is -0.792. The van der Waals surface area contributed by atoms with Gasteiger partial charge in [0.25, 0.3) is 5.56 Å². The van der Waals surface area contributed by atoms with Crippen LogP contribution in [0.1, 0.15) is 22.6 Å². The molecule has 0 saturated carbocycles. The van der Waals surface area contributed by atoms with Crippen molar-refractivity contribution >= 4 is 63.4 Å². The molecule has 1 atom stereocenters. The number of ether oxygens (including phenoxy) is 2. The molecule has 0 radical (unpaired) electrons. The maximum atomic E-state index is 13.2. The molecule has 0 spiro atoms. The van der Waals surface area contributed by atoms with E-state index in [1.165, 1.54) is 34.4 Å². The van der Waals surface area contributed by atoms with Gasteiger partial charge in [-0.15, -0.1) is 34.0 Å². The lowest BCUT2D eigenvalue weighted by Crippen LogP contribution is -2.41. The van der Waals surface area contributed by atoms with Crippen molar-refractivity contribution in [2.45, 2.75) is 12.8 Å². The molecule has 4 rings (SSSR count). The van der Waals surface area contributed by atoms with Gasteiger partial charge in [-0.05, 0) is 35.9 Å². The maximum absolute atomic E-state index is 13.2. The third-order valence-corrected chi connectivity index (χ3v) is 7.56. The number of hydrogen-bond donors (Lipinski definition) is 1. The van der Waals surface area contributed by atoms with E-state index in [0.29, 0.717) is 9.20 Å². The van der Waals surface area contributed by atoms with Gasteiger partial charge in [-0.2, -0.15) is 0 Å². The van der Waals surface area contributed by atoms with Gasteiger partial charge in [-0.1, -0.05) is 12.1 Å². The first kappa shape index (κ1) is 21.3. The normalized spacial score (nSPS) is 16.4. The van der Waals surface area contributed by atoms with Gasteiger partial charge in [0.1, 0.15) is 10.5 Å². The topological polar surface area (TPSA) is 101 Å². The summed E-state index contributed by atoms with van der Waals surface area (Å²) < 4.78 is 12.3. The molecule has 0 aromatic carbocycles. The van der Waals surface area contributed by atoms with Gasteiger partial charge in [-0.3, -0.25) is 9.36 Å². The highest BCUT2D eigenvalue weighted by atomic mass is 32.1. The van der Waals surface area contributed by atoms with Crippen LogP contribution in [-0.4, -0.2) is 30.2 Å². The van der Waals surface area contributed by atoms with Crippen molar-refractivity contribution < 1.29 is 19.1 Å². The second-order valence-corrected chi connectivity index (χ2v) is 9.43. The van der Waals surface area contributed by atoms with Crippen LogP contribution in [0, 0.1) is 0 Å². The summed E-state index contributed by atoms with van der Waals surface area (Å²) in [6.45, 7) is 1.85. The van der Waals surface area contributed by atoms with Gasteiger partial charge >= 0.3 is 11.9 Å². The first-order valence-corrected chi connectivity index (χ1v) is 11.9. The van der Waals surface area contributed by atoms with E-state index in [0.717, 1.165) is 21.1 Å². The Bertz CT molecular complexity index is 1340. The number of thiazole rings is 1. The highest BCUT2D eigenvalue weighted by Gasteiger charge is 2.40. The van der Waals surface area contributed by atoms with Crippen LogP contribution in [0.3, 0.4) is 0 Å². The number of rotatable bonds is 5. The van der Waals surface area contributed by atoms with E-state index < -0.39 is 23.4 Å². The number of methoxy groups -OCH3 is 1. The molecule has 0 saturated heterocycles. The van der Waals surface area contributed by atoms with E-state index in [2.05, 4.69) is 0 Å². The largest absolute Gasteiger partial charge is 0.466 e. The third-order valence-electron chi connectivity index (χ3n) is 4.69. The van der Waals surface area contributed by atoms with E-state index in [1.54, 1.807) is 13.0 Å². The molecule has 2 N–H and O–H groups in total. The summed E-state index contributed by atoms with van der Waals surface area (Å²) in [5, 5.41) is 3.75. The van der Waals surface area contributed by atoms with E-state index in [9.17, 15) is 14.4 Å². The van der Waals surface area contributed by atoms with Crippen molar-refractivity contribution in [2.24, 2.45) is 5.73 Å². The van der Waals surface area contributed by atoms with Gasteiger partial charge in [-0.25, -0.2) is 9.59 Å². The van der Waals surface area contributed by atoms with Gasteiger partial charge in [0, 0.05) is 9.75 Å². The lowest BCUT2D eigenvalue weighted by molar-refractivity contribution is -0.136. The van der Waals surface area contributed by atoms with Crippen LogP contribution in [-0.2, 0) is 19.1 Å². The highest BCUT2D eigenvalue weighted by molar-refractivity contribution is 7.11. The lowest BCUT2D eigenvalue weighted by atomic mass is 9.88. The highest BCUT2D eigenvalue weighted by Crippen LogP contribution is 2.39. The third kappa shape index (κ3) is 3.67. The molecule has 0 amide bonds. The number of fused-ring (bicyclic) bond motifs is 1. The van der Waals surface area contributed by atoms with Crippen molar-refractivity contribution in [3.63, 3.8) is 0 Å². The quantitative estimate of drug-likeness (QED) is 0.565. The molecule has 1 aliphatic heterocycles. The van der Waals surface area contributed by atoms with Crippen molar-refractivity contribution in [3.05, 3.63) is 69.9 Å². The summed E-state index contributed by atoms with van der Waals surface area (Å²) in [7, 11) is 1.24. The first-order chi connectivity index (χ1) is 15.0. The van der Waals surface area contributed by atoms with Crippen LogP contribution >= 0.6 is 34.0 Å². The monoisotopic (exact) mass is 474 g/mol. The summed E-state index contributed by atoms with van der Waals surface area (Å²) in [4.78, 5) is 40.7. The van der Waals surface area contributed by atoms with Crippen LogP contribution in [0.2, 0.25) is 0 Å². The molecular formula is C21H18N2O5S3. The Morgan fingerprint density at radius 2 is 1.90 bits per heavy atom. The molecule has 0 bridgehead atoms. The van der Waals surface area contributed by atoms with E-state index in [4.69, 9.17) is 15.2 Å². The number of carbonyl (C=O) groups excluding carboxylic acids is 2. The Morgan fingerprint density at radius 1 is 1.16 bits per heavy atom. The minimum absolute atomic E-state index is 0.0413. The Balaban J connectivity index is 2.13. The SMILES string of the molecule is CCOC(=O)C1=c2s/c(=C\c3cccs3)c(=O)n2C(N)=C(C(=O)OC)C1c1cccs1. The fraction of sp³-hybridized carbons (Fsp3) is 0.190. The van der Waals surface area contributed by atoms with Crippen molar-refractivity contribution in [3.8, 4) is 0 Å². The fourth-order valence-electron chi connectivity index (χ4n) is 3.41. The van der Waals surface area contributed by atoms with Crippen LogP contribution in [0.5, 0.6) is 0 Å². The Labute approximate surface area is 189 Å². The van der Waals surface area contributed by atoms with Gasteiger partial charge in [0.2, 0.25) is 0 Å². The van der Waals surface area contributed by atoms with Crippen LogP contribution in [0.15, 0.2) is 45.4 Å². The molecule has 31 heavy (non-hydrogen) atoms. The second-order valence-electron chi connectivity index (χ2n) is 6.44. The van der Waals surface area contributed by atoms with Gasteiger partial charge in [0.05, 0.1) is 35.3 Å². The molecule has 3 aromatic rings. The molecule has 3 aromatic heterocycles. The maximum Gasteiger partial charge on any atom is 0.338 e. The Hall–Kier alpha value is -2.95. The average molecular weight is 475 g/mol. The molecule has 7 nitrogen and oxygen atoms in total. The predicted molar refractivity (Wildman–Crippen MR) is 122 cm³/mol. The van der Waals surface area contributed by atoms with Crippen molar-refractivity contribution in [2.75, 3.05) is 13.7 Å². The Morgan fingerprint density at radius 3 is 2.52 bits per heavy atom. The summed E-state index contributed by atoms with van der Waals surface area (Å²) in [5.41, 5.74) is 6.21. The minimum Gasteiger partial charge on any atom is -0.466 e. The molecular weight excluding hydrogens is 456 g/mol. The molecule has 4 heterocycles. The number of hydrogen-bond acceptors (Lipinski definition) is 9. The zero-order chi connectivity index (χ0) is 22.1. The summed E-state index contributed by atoms with van der Waals surface area (Å²) in [5.74, 6) is -2.14. The summed E-state index contributed by atoms with van der Waals surface area (Å²) in [6, 6.07) is 7.40. The molecule has 160 valence electrons. The molecule has 1 aliphatic rings. The van der Waals surface area contributed by atoms with Crippen LogP contribution < -0.4 is 20.5 Å². The van der Waals surface area contributed by atoms with Crippen LogP contribution in [0.4, 0.5) is 0 Å². The number of thiophene rings is 2. The number of nitrogens with zero attached hydrogens (tertiary/aromatic N) is 1. The Kier molecular flexibility index (Phi) is 5.94. The second kappa shape index (κ2) is 8.66. The summed E-state index contributed by atoms with van der Waals surface area (Å²) in [6.07, 6.45) is 1.75. The number of esters is 2. The average Bonchev–Trinajstić information content (AvgIpc) is 3.50. The van der Waals surface area contributed by atoms with Gasteiger partial charge in [0.15, 0.2) is 0 Å². The van der Waals surface area contributed by atoms with E-state index in [-0.39, 0.29) is 23.6 Å². The molecule has 10 heteroatoms. The predicted octanol–water partition coefficient (Wildman–Crippen LogP) is 1.67. The zero-order valence-corrected chi connectivity index (χ0v) is 19.1. The van der Waals surface area contributed by atoms with E-state index >= 15 is 0 Å². The summed E-state index contributed by atoms with van der Waals surface area (Å²) >= 11 is 4.01. The standard InChI is InChI=1S/C21H18N2O5S3/c1-3-28-21(26)16-14(12-7-5-9-30-12)15(20(25)27-2)17(22)23-18(24)13(31-19(16)23)10-11-6-4-8-29-11/h4-10,14H,3,22H2,1-2H3/b13-10-. The van der Waals surface area contributed by atoms with Crippen molar-refractivity contribution in [1.82, 2.24) is 4.57 Å². The smallest absolute Gasteiger partial charge is 0.338 e. The van der Waals surface area contributed by atoms with Crippen LogP contribution in [0.25, 0.3) is 17.5 Å². The first-order valence-electron chi connectivity index (χ1n) is 9.28. The number of aromatic nitrogens is 1. The number of carbonyl (C=O) groups is 2. The fourth-order valence-corrected chi connectivity index (χ4v) is 6.14. The molecule has 1 unspecified atom stereocenters. The molecule has 0 aliphatic carbocycles.